The van der Waals surface area contributed by atoms with E-state index in [4.69, 9.17) is 14.4 Å². The summed E-state index contributed by atoms with van der Waals surface area (Å²) in [6.45, 7) is 6.48. The van der Waals surface area contributed by atoms with Crippen molar-refractivity contribution in [2.75, 3.05) is 0 Å². The Morgan fingerprint density at radius 3 is 1.98 bits per heavy atom. The van der Waals surface area contributed by atoms with Gasteiger partial charge in [0.2, 0.25) is 0 Å². The highest BCUT2D eigenvalue weighted by atomic mass is 16.3. The minimum Gasteiger partial charge on any atom is -0.460 e. The van der Waals surface area contributed by atoms with Crippen molar-refractivity contribution in [1.29, 1.82) is 5.26 Å². The first-order valence-electron chi connectivity index (χ1n) is 17.8. The first kappa shape index (κ1) is 31.9. The van der Waals surface area contributed by atoms with E-state index in [0.29, 0.717) is 22.8 Å². The lowest BCUT2D eigenvalue weighted by atomic mass is 9.98. The number of hydrogen-bond acceptors (Lipinski definition) is 4. The number of hydrogen-bond donors (Lipinski definition) is 0. The molecule has 0 radical (unpaired) electrons. The predicted octanol–water partition coefficient (Wildman–Crippen LogP) is 12.4. The molecule has 0 fully saturated rings. The number of rotatable bonds is 7. The number of allylic oxidation sites excluding steroid dienone is 6. The van der Waals surface area contributed by atoms with E-state index in [-0.39, 0.29) is 0 Å². The minimum absolute atomic E-state index is 0.448. The van der Waals surface area contributed by atoms with Crippen molar-refractivity contribution in [3.8, 4) is 51.1 Å². The topological polar surface area (TPSA) is 67.6 Å². The molecule has 0 spiro atoms. The first-order chi connectivity index (χ1) is 26.1. The van der Waals surface area contributed by atoms with Crippen LogP contribution in [0.4, 0.5) is 0 Å². The average molecular weight is 683 g/mol. The molecule has 9 rings (SSSR count). The Hall–Kier alpha value is -7.03. The lowest BCUT2D eigenvalue weighted by molar-refractivity contribution is 0.546. The summed E-state index contributed by atoms with van der Waals surface area (Å²) in [6.07, 6.45) is 14.4. The summed E-state index contributed by atoms with van der Waals surface area (Å²) in [7, 11) is 0. The zero-order valence-corrected chi connectivity index (χ0v) is 29.3. The van der Waals surface area contributed by atoms with E-state index in [0.717, 1.165) is 84.9 Å². The minimum atomic E-state index is 0.448. The molecule has 0 unspecified atom stereocenters. The van der Waals surface area contributed by atoms with Gasteiger partial charge in [-0.05, 0) is 73.0 Å². The van der Waals surface area contributed by atoms with Gasteiger partial charge < -0.3 is 8.98 Å². The van der Waals surface area contributed by atoms with Gasteiger partial charge in [-0.3, -0.25) is 0 Å². The van der Waals surface area contributed by atoms with E-state index < -0.39 is 0 Å². The summed E-state index contributed by atoms with van der Waals surface area (Å²) in [5, 5.41) is 13.7. The summed E-state index contributed by atoms with van der Waals surface area (Å²) in [5.74, 6) is 1.61. The summed E-state index contributed by atoms with van der Waals surface area (Å²) >= 11 is 0. The van der Waals surface area contributed by atoms with Gasteiger partial charge in [0.1, 0.15) is 23.0 Å². The quantitative estimate of drug-likeness (QED) is 0.157. The molecule has 0 amide bonds. The normalized spacial score (nSPS) is 12.7. The van der Waals surface area contributed by atoms with Gasteiger partial charge in [0.05, 0.1) is 22.4 Å². The van der Waals surface area contributed by atoms with Crippen LogP contribution in [0.5, 0.6) is 0 Å². The number of fused-ring (bicyclic) bond motifs is 6. The third-order valence-electron chi connectivity index (χ3n) is 9.98. The lowest BCUT2D eigenvalue weighted by Crippen LogP contribution is -2.01. The van der Waals surface area contributed by atoms with Crippen LogP contribution in [0.25, 0.3) is 89.6 Å². The molecule has 8 aromatic rings. The van der Waals surface area contributed by atoms with Crippen LogP contribution in [-0.2, 0) is 6.42 Å². The van der Waals surface area contributed by atoms with E-state index >= 15 is 0 Å². The second-order valence-electron chi connectivity index (χ2n) is 13.2. The molecule has 5 nitrogen and oxygen atoms in total. The molecule has 0 bridgehead atoms. The van der Waals surface area contributed by atoms with Crippen LogP contribution in [0.15, 0.2) is 157 Å². The third kappa shape index (κ3) is 5.58. The van der Waals surface area contributed by atoms with E-state index in [1.807, 2.05) is 91.9 Å². The molecule has 53 heavy (non-hydrogen) atoms. The first-order valence-corrected chi connectivity index (χ1v) is 17.8. The maximum Gasteiger partial charge on any atom is 0.160 e. The number of nitrogens with zero attached hydrogens (tertiary/aromatic N) is 4. The van der Waals surface area contributed by atoms with Gasteiger partial charge in [0, 0.05) is 50.5 Å². The van der Waals surface area contributed by atoms with Crippen molar-refractivity contribution < 1.29 is 4.42 Å². The molecule has 3 aromatic heterocycles. The van der Waals surface area contributed by atoms with Gasteiger partial charge in [-0.2, -0.15) is 5.26 Å². The molecule has 1 aliphatic carbocycles. The molecule has 0 saturated heterocycles. The predicted molar refractivity (Wildman–Crippen MR) is 218 cm³/mol. The average Bonchev–Trinajstić information content (AvgIpc) is 3.75. The van der Waals surface area contributed by atoms with Gasteiger partial charge in [-0.15, -0.1) is 0 Å². The van der Waals surface area contributed by atoms with Crippen LogP contribution in [-0.4, -0.2) is 14.5 Å². The number of nitriles is 1. The van der Waals surface area contributed by atoms with E-state index in [9.17, 15) is 5.26 Å². The SMILES string of the molecule is C=C(/C=C\C=C/C)n1c2ccc(-c3ccc4oc5c(c4c3)C=CCC5)cc2c2cc(-c3nc(-c4ccccc4)c(C#N)c(-c4ccccc4)n3)ccc21. The van der Waals surface area contributed by atoms with Gasteiger partial charge >= 0.3 is 0 Å². The van der Waals surface area contributed by atoms with E-state index in [1.165, 1.54) is 5.56 Å². The zero-order chi connectivity index (χ0) is 35.9. The Kier molecular flexibility index (Phi) is 7.99. The monoisotopic (exact) mass is 682 g/mol. The molecule has 3 heterocycles. The molecule has 0 N–H and O–H groups in total. The van der Waals surface area contributed by atoms with Crippen molar-refractivity contribution >= 4 is 44.5 Å². The Bertz CT molecular complexity index is 2800. The van der Waals surface area contributed by atoms with Gasteiger partial charge in [0.15, 0.2) is 5.82 Å². The summed E-state index contributed by atoms with van der Waals surface area (Å²) in [5.41, 5.74) is 11.5. The molecule has 0 saturated carbocycles. The summed E-state index contributed by atoms with van der Waals surface area (Å²) in [4.78, 5) is 10.2. The Balaban J connectivity index is 1.26. The summed E-state index contributed by atoms with van der Waals surface area (Å²) < 4.78 is 8.43. The number of aryl methyl sites for hydroxylation is 1. The smallest absolute Gasteiger partial charge is 0.160 e. The van der Waals surface area contributed by atoms with Crippen molar-refractivity contribution in [3.63, 3.8) is 0 Å². The highest BCUT2D eigenvalue weighted by Crippen LogP contribution is 2.40. The molecule has 0 aliphatic heterocycles. The zero-order valence-electron chi connectivity index (χ0n) is 29.3. The molecule has 0 atom stereocenters. The van der Waals surface area contributed by atoms with Crippen LogP contribution in [0, 0.1) is 11.3 Å². The molecule has 252 valence electrons. The largest absolute Gasteiger partial charge is 0.460 e. The highest BCUT2D eigenvalue weighted by Gasteiger charge is 2.21. The third-order valence-corrected chi connectivity index (χ3v) is 9.98. The maximum absolute atomic E-state index is 10.4. The lowest BCUT2D eigenvalue weighted by Gasteiger charge is -2.12. The van der Waals surface area contributed by atoms with Crippen LogP contribution in [0.1, 0.15) is 30.2 Å². The van der Waals surface area contributed by atoms with Gasteiger partial charge in [-0.25, -0.2) is 9.97 Å². The standard InChI is InChI=1S/C48H34N4O/c1-3-4-7-14-31(2)52-42-24-21-34(35-23-26-45-40(28-35)37-19-12-13-20-44(37)53-45)27-38(42)39-29-36(22-25-43(39)52)48-50-46(32-15-8-5-9-16-32)41(30-49)47(51-48)33-17-10-6-11-18-33/h3-12,14-19,21-29H,2,13,20H2,1H3/b4-3-,14-7-. The number of furan rings is 1. The van der Waals surface area contributed by atoms with Crippen LogP contribution < -0.4 is 0 Å². The maximum atomic E-state index is 10.4. The fourth-order valence-corrected chi connectivity index (χ4v) is 7.44. The molecule has 5 aromatic carbocycles. The van der Waals surface area contributed by atoms with Crippen molar-refractivity contribution in [2.45, 2.75) is 19.8 Å². The molecule has 5 heteroatoms. The Labute approximate surface area is 307 Å². The number of benzene rings is 5. The fourth-order valence-electron chi connectivity index (χ4n) is 7.44. The van der Waals surface area contributed by atoms with Crippen molar-refractivity contribution in [3.05, 3.63) is 169 Å². The summed E-state index contributed by atoms with van der Waals surface area (Å²) in [6, 6.07) is 41.6. The van der Waals surface area contributed by atoms with Crippen LogP contribution in [0.3, 0.4) is 0 Å². The molecule has 1 aliphatic rings. The van der Waals surface area contributed by atoms with E-state index in [2.05, 4.69) is 84.0 Å². The Morgan fingerprint density at radius 2 is 1.34 bits per heavy atom. The highest BCUT2D eigenvalue weighted by molar-refractivity contribution is 6.12. The van der Waals surface area contributed by atoms with Crippen LogP contribution in [0.2, 0.25) is 0 Å². The molecular formula is C48H34N4O. The van der Waals surface area contributed by atoms with Gasteiger partial charge in [0.25, 0.3) is 0 Å². The molecular weight excluding hydrogens is 649 g/mol. The van der Waals surface area contributed by atoms with Crippen molar-refractivity contribution in [1.82, 2.24) is 14.5 Å². The van der Waals surface area contributed by atoms with Crippen molar-refractivity contribution in [2.24, 2.45) is 0 Å². The second-order valence-corrected chi connectivity index (χ2v) is 13.2. The fraction of sp³-hybridized carbons (Fsp3) is 0.0625. The number of aromatic nitrogens is 3. The van der Waals surface area contributed by atoms with Crippen LogP contribution >= 0.6 is 0 Å². The van der Waals surface area contributed by atoms with E-state index in [1.54, 1.807) is 0 Å². The second kappa shape index (κ2) is 13.3. The Morgan fingerprint density at radius 1 is 0.736 bits per heavy atom. The van der Waals surface area contributed by atoms with Gasteiger partial charge in [-0.1, -0.05) is 110 Å².